The van der Waals surface area contributed by atoms with E-state index in [1.807, 2.05) is 34.5 Å². The third-order valence-electron chi connectivity index (χ3n) is 12.7. The Morgan fingerprint density at radius 3 is 1.40 bits per heavy atom. The van der Waals surface area contributed by atoms with Crippen LogP contribution < -0.4 is 20.9 Å². The van der Waals surface area contributed by atoms with E-state index >= 15 is 4.39 Å². The summed E-state index contributed by atoms with van der Waals surface area (Å²) in [5, 5.41) is 1.82. The summed E-state index contributed by atoms with van der Waals surface area (Å²) in [6.45, 7) is 2.05. The molecular weight excluding hydrogens is 841 g/mol. The van der Waals surface area contributed by atoms with Crippen molar-refractivity contribution in [2.75, 3.05) is 49.1 Å². The number of nitrogens with two attached hydrogens (primary N) is 1. The SMILES string of the molecule is NCC(=O)c1ccc(CN(C(=O)N2CCCCC2)c2ccc3c(c2)CCC3)c(F)c1.O=C(CNC(=O)C(F)F)c1ccc(CN(C(=O)N2CCCCC2)c2ccc3c(c2)CCC3)c(F)c1. The Hall–Kier alpha value is -6.09. The fraction of sp³-hybridized carbons (Fsp3) is 0.420. The summed E-state index contributed by atoms with van der Waals surface area (Å²) < 4.78 is 54.5. The minimum Gasteiger partial charge on any atom is -0.344 e. The Labute approximate surface area is 376 Å². The van der Waals surface area contributed by atoms with Crippen molar-refractivity contribution in [3.05, 3.63) is 129 Å². The largest absolute Gasteiger partial charge is 0.344 e. The third-order valence-corrected chi connectivity index (χ3v) is 12.7. The van der Waals surface area contributed by atoms with Crippen LogP contribution in [0.2, 0.25) is 0 Å². The number of aryl methyl sites for hydroxylation is 4. The molecule has 0 atom stereocenters. The summed E-state index contributed by atoms with van der Waals surface area (Å²) in [4.78, 5) is 68.7. The maximum absolute atomic E-state index is 15.0. The van der Waals surface area contributed by atoms with E-state index in [4.69, 9.17) is 5.73 Å². The van der Waals surface area contributed by atoms with Crippen LogP contribution in [-0.4, -0.2) is 85.0 Å². The van der Waals surface area contributed by atoms with E-state index in [1.165, 1.54) is 40.5 Å². The first-order valence-corrected chi connectivity index (χ1v) is 22.7. The molecular formula is C50H56F4N6O5. The smallest absolute Gasteiger partial charge is 0.324 e. The number of urea groups is 2. The number of fused-ring (bicyclic) bond motifs is 2. The van der Waals surface area contributed by atoms with Crippen molar-refractivity contribution < 1.29 is 41.5 Å². The van der Waals surface area contributed by atoms with E-state index in [0.29, 0.717) is 24.3 Å². The molecule has 0 aromatic heterocycles. The number of alkyl halides is 2. The number of carbonyl (C=O) groups excluding carboxylic acids is 5. The highest BCUT2D eigenvalue weighted by molar-refractivity contribution is 6.00. The molecule has 0 unspecified atom stereocenters. The highest BCUT2D eigenvalue weighted by Crippen LogP contribution is 2.31. The van der Waals surface area contributed by atoms with Gasteiger partial charge in [0.1, 0.15) is 11.6 Å². The van der Waals surface area contributed by atoms with Gasteiger partial charge in [0.2, 0.25) is 0 Å². The molecule has 2 aliphatic carbocycles. The molecule has 344 valence electrons. The Morgan fingerprint density at radius 1 is 0.554 bits per heavy atom. The van der Waals surface area contributed by atoms with Crippen molar-refractivity contribution in [1.29, 1.82) is 0 Å². The third kappa shape index (κ3) is 11.6. The molecule has 0 radical (unpaired) electrons. The highest BCUT2D eigenvalue weighted by Gasteiger charge is 2.28. The summed E-state index contributed by atoms with van der Waals surface area (Å²) in [6.07, 6.45) is 9.06. The Kier molecular flexibility index (Phi) is 15.7. The van der Waals surface area contributed by atoms with Crippen LogP contribution in [0.3, 0.4) is 0 Å². The van der Waals surface area contributed by atoms with Gasteiger partial charge in [-0.15, -0.1) is 0 Å². The van der Waals surface area contributed by atoms with E-state index in [2.05, 4.69) is 12.1 Å². The fourth-order valence-corrected chi connectivity index (χ4v) is 9.01. The molecule has 2 saturated heterocycles. The molecule has 11 nitrogen and oxygen atoms in total. The van der Waals surface area contributed by atoms with E-state index in [0.717, 1.165) is 102 Å². The van der Waals surface area contributed by atoms with Crippen molar-refractivity contribution in [2.45, 2.75) is 96.6 Å². The van der Waals surface area contributed by atoms with Gasteiger partial charge < -0.3 is 20.9 Å². The van der Waals surface area contributed by atoms with Gasteiger partial charge in [0.05, 0.1) is 26.2 Å². The van der Waals surface area contributed by atoms with Gasteiger partial charge in [-0.25, -0.2) is 18.4 Å². The van der Waals surface area contributed by atoms with Crippen molar-refractivity contribution in [1.82, 2.24) is 15.1 Å². The molecule has 0 bridgehead atoms. The van der Waals surface area contributed by atoms with Crippen molar-refractivity contribution in [3.63, 3.8) is 0 Å². The second-order valence-electron chi connectivity index (χ2n) is 17.1. The number of hydrogen-bond acceptors (Lipinski definition) is 6. The monoisotopic (exact) mass is 896 g/mol. The topological polar surface area (TPSA) is 136 Å². The number of amides is 5. The van der Waals surface area contributed by atoms with Gasteiger partial charge in [0, 0.05) is 59.8 Å². The number of rotatable bonds is 12. The van der Waals surface area contributed by atoms with Crippen LogP contribution in [0.25, 0.3) is 0 Å². The lowest BCUT2D eigenvalue weighted by Gasteiger charge is -2.33. The number of halogens is 4. The molecule has 5 amide bonds. The van der Waals surface area contributed by atoms with E-state index < -0.39 is 36.3 Å². The molecule has 2 fully saturated rings. The standard InChI is InChI=1S/C26H28F3N3O3.C24H28FN3O2/c27-22-14-19(23(33)15-30-25(34)24(28)29)7-8-20(22)16-32(26(35)31-11-2-1-3-12-31)21-10-9-17-5-4-6-18(17)13-21;25-22-14-19(23(29)15-26)7-8-20(22)16-28(24(30)27-11-2-1-3-12-27)21-10-9-17-5-4-6-18(17)13-21/h7-10,13-14,24H,1-6,11-12,15-16H2,(H,30,34);7-10,13-14H,1-6,11-12,15-16,26H2. The summed E-state index contributed by atoms with van der Waals surface area (Å²) in [5.74, 6) is -3.73. The zero-order valence-electron chi connectivity index (χ0n) is 36.6. The highest BCUT2D eigenvalue weighted by atomic mass is 19.3. The van der Waals surface area contributed by atoms with Crippen LogP contribution in [-0.2, 0) is 43.6 Å². The minimum absolute atomic E-state index is 0.0173. The molecule has 4 aromatic carbocycles. The summed E-state index contributed by atoms with van der Waals surface area (Å²) in [7, 11) is 0. The van der Waals surface area contributed by atoms with E-state index in [9.17, 15) is 37.1 Å². The number of hydrogen-bond donors (Lipinski definition) is 2. The van der Waals surface area contributed by atoms with Gasteiger partial charge >= 0.3 is 18.5 Å². The normalized spacial score (nSPS) is 15.4. The van der Waals surface area contributed by atoms with Crippen LogP contribution in [0.15, 0.2) is 72.8 Å². The van der Waals surface area contributed by atoms with Gasteiger partial charge in [-0.05, 0) is 136 Å². The lowest BCUT2D eigenvalue weighted by molar-refractivity contribution is -0.131. The molecule has 0 spiro atoms. The van der Waals surface area contributed by atoms with Gasteiger partial charge in [0.15, 0.2) is 11.6 Å². The zero-order chi connectivity index (χ0) is 46.0. The molecule has 8 rings (SSSR count). The number of piperidine rings is 2. The number of nitrogens with one attached hydrogen (secondary N) is 1. The van der Waals surface area contributed by atoms with Gasteiger partial charge in [-0.2, -0.15) is 8.78 Å². The van der Waals surface area contributed by atoms with E-state index in [1.54, 1.807) is 26.8 Å². The molecule has 15 heteroatoms. The van der Waals surface area contributed by atoms with Gasteiger partial charge in [-0.1, -0.05) is 36.4 Å². The first-order valence-electron chi connectivity index (χ1n) is 22.7. The predicted molar refractivity (Wildman–Crippen MR) is 240 cm³/mol. The zero-order valence-corrected chi connectivity index (χ0v) is 36.6. The molecule has 0 saturated carbocycles. The first-order chi connectivity index (χ1) is 31.4. The lowest BCUT2D eigenvalue weighted by Crippen LogP contribution is -2.45. The first kappa shape index (κ1) is 46.9. The number of benzene rings is 4. The average molecular weight is 897 g/mol. The van der Waals surface area contributed by atoms with Crippen molar-refractivity contribution in [2.24, 2.45) is 5.73 Å². The second kappa shape index (κ2) is 21.7. The van der Waals surface area contributed by atoms with Crippen LogP contribution in [0.1, 0.15) is 105 Å². The van der Waals surface area contributed by atoms with E-state index in [-0.39, 0.29) is 54.2 Å². The Bertz CT molecular complexity index is 2400. The van der Waals surface area contributed by atoms with Crippen LogP contribution in [0, 0.1) is 11.6 Å². The second-order valence-corrected chi connectivity index (χ2v) is 17.1. The molecule has 65 heavy (non-hydrogen) atoms. The number of likely N-dealkylation sites (tertiary alicyclic amines) is 2. The molecule has 2 aliphatic heterocycles. The molecule has 4 aromatic rings. The number of Topliss-reactive ketones (excluding diaryl/α,β-unsaturated/α-hetero) is 2. The van der Waals surface area contributed by atoms with Crippen molar-refractivity contribution in [3.8, 4) is 0 Å². The Balaban J connectivity index is 0.000000196. The fourth-order valence-electron chi connectivity index (χ4n) is 9.01. The van der Waals surface area contributed by atoms with Crippen LogP contribution in [0.5, 0.6) is 0 Å². The summed E-state index contributed by atoms with van der Waals surface area (Å²) >= 11 is 0. The minimum atomic E-state index is -3.23. The van der Waals surface area contributed by atoms with Gasteiger partial charge in [0.25, 0.3) is 5.91 Å². The molecule has 2 heterocycles. The van der Waals surface area contributed by atoms with Crippen LogP contribution in [0.4, 0.5) is 38.5 Å². The summed E-state index contributed by atoms with van der Waals surface area (Å²) in [6, 6.07) is 20.0. The summed E-state index contributed by atoms with van der Waals surface area (Å²) in [5.41, 5.74) is 12.8. The number of ketones is 2. The number of nitrogens with zero attached hydrogens (tertiary/aromatic N) is 4. The quantitative estimate of drug-likeness (QED) is 0.108. The maximum atomic E-state index is 15.0. The maximum Gasteiger partial charge on any atom is 0.324 e. The molecule has 4 aliphatic rings. The predicted octanol–water partition coefficient (Wildman–Crippen LogP) is 8.56. The lowest BCUT2D eigenvalue weighted by atomic mass is 10.1. The molecule has 3 N–H and O–H groups in total. The average Bonchev–Trinajstić information content (AvgIpc) is 4.02. The number of carbonyl (C=O) groups is 5. The van der Waals surface area contributed by atoms with Crippen molar-refractivity contribution >= 4 is 40.9 Å². The Morgan fingerprint density at radius 2 is 0.985 bits per heavy atom. The van der Waals surface area contributed by atoms with Crippen LogP contribution >= 0.6 is 0 Å². The van der Waals surface area contributed by atoms with Gasteiger partial charge in [-0.3, -0.25) is 24.2 Å². The number of anilines is 2.